The van der Waals surface area contributed by atoms with Gasteiger partial charge in [0.1, 0.15) is 12.2 Å². The van der Waals surface area contributed by atoms with E-state index in [-0.39, 0.29) is 18.2 Å². The number of aryl methyl sites for hydroxylation is 2. The summed E-state index contributed by atoms with van der Waals surface area (Å²) >= 11 is 0. The molecule has 3 rings (SSSR count). The predicted octanol–water partition coefficient (Wildman–Crippen LogP) is 1.10. The Morgan fingerprint density at radius 3 is 2.96 bits per heavy atom. The van der Waals surface area contributed by atoms with Gasteiger partial charge < -0.3 is 10.6 Å². The molecule has 26 heavy (non-hydrogen) atoms. The van der Waals surface area contributed by atoms with Crippen molar-refractivity contribution in [1.29, 1.82) is 0 Å². The molecule has 2 aromatic heterocycles. The third kappa shape index (κ3) is 4.14. The number of hydrogen-bond donors (Lipinski definition) is 2. The second-order valence-corrected chi connectivity index (χ2v) is 6.11. The lowest BCUT2D eigenvalue weighted by atomic mass is 10.1. The van der Waals surface area contributed by atoms with Crippen molar-refractivity contribution in [3.05, 3.63) is 29.6 Å². The molecular weight excluding hydrogens is 349 g/mol. The second kappa shape index (κ2) is 7.34. The maximum atomic E-state index is 13.0. The van der Waals surface area contributed by atoms with E-state index in [1.807, 2.05) is 11.6 Å². The van der Waals surface area contributed by atoms with E-state index in [2.05, 4.69) is 30.8 Å². The maximum Gasteiger partial charge on any atom is 0.435 e. The zero-order valence-corrected chi connectivity index (χ0v) is 14.6. The first-order valence-electron chi connectivity index (χ1n) is 8.38. The van der Waals surface area contributed by atoms with E-state index in [0.29, 0.717) is 19.0 Å². The van der Waals surface area contributed by atoms with E-state index in [9.17, 15) is 13.2 Å². The highest BCUT2D eigenvalue weighted by molar-refractivity contribution is 5.80. The minimum atomic E-state index is -4.50. The molecule has 0 saturated heterocycles. The molecule has 11 heteroatoms. The molecule has 2 aromatic rings. The molecule has 2 N–H and O–H groups in total. The minimum Gasteiger partial charge on any atom is -0.357 e. The first kappa shape index (κ1) is 18.2. The number of rotatable bonds is 4. The van der Waals surface area contributed by atoms with Crippen molar-refractivity contribution in [2.24, 2.45) is 12.0 Å². The van der Waals surface area contributed by atoms with Gasteiger partial charge in [-0.1, -0.05) is 0 Å². The van der Waals surface area contributed by atoms with Crippen LogP contribution in [0.25, 0.3) is 0 Å². The van der Waals surface area contributed by atoms with E-state index >= 15 is 0 Å². The fourth-order valence-electron chi connectivity index (χ4n) is 2.92. The van der Waals surface area contributed by atoms with Gasteiger partial charge in [0.15, 0.2) is 11.7 Å². The number of aromatic nitrogens is 5. The third-order valence-corrected chi connectivity index (χ3v) is 4.07. The third-order valence-electron chi connectivity index (χ3n) is 4.07. The number of guanidine groups is 1. The Balaban J connectivity index is 1.70. The molecule has 0 spiro atoms. The van der Waals surface area contributed by atoms with E-state index in [4.69, 9.17) is 0 Å². The average Bonchev–Trinajstić information content (AvgIpc) is 3.18. The molecule has 0 aromatic carbocycles. The quantitative estimate of drug-likeness (QED) is 0.622. The summed E-state index contributed by atoms with van der Waals surface area (Å²) in [5, 5.41) is 14.0. The molecule has 0 radical (unpaired) electrons. The number of fused-ring (bicyclic) bond motifs is 1. The molecular formula is C15H21F3N8. The molecule has 1 atom stereocenters. The van der Waals surface area contributed by atoms with Crippen LogP contribution in [0.2, 0.25) is 0 Å². The van der Waals surface area contributed by atoms with Crippen LogP contribution in [0.15, 0.2) is 17.5 Å². The predicted molar refractivity (Wildman–Crippen MR) is 88.3 cm³/mol. The van der Waals surface area contributed by atoms with Gasteiger partial charge in [0.25, 0.3) is 0 Å². The first-order chi connectivity index (χ1) is 12.4. The van der Waals surface area contributed by atoms with Crippen LogP contribution in [0.3, 0.4) is 0 Å². The van der Waals surface area contributed by atoms with Crippen molar-refractivity contribution in [3.8, 4) is 0 Å². The zero-order valence-electron chi connectivity index (χ0n) is 14.6. The smallest absolute Gasteiger partial charge is 0.357 e. The van der Waals surface area contributed by atoms with Crippen molar-refractivity contribution in [3.63, 3.8) is 0 Å². The van der Waals surface area contributed by atoms with Gasteiger partial charge in [0.2, 0.25) is 0 Å². The van der Waals surface area contributed by atoms with Gasteiger partial charge in [-0.05, 0) is 13.3 Å². The molecule has 0 amide bonds. The van der Waals surface area contributed by atoms with E-state index in [1.54, 1.807) is 0 Å². The molecule has 0 bridgehead atoms. The normalized spacial score (nSPS) is 17.9. The van der Waals surface area contributed by atoms with Crippen molar-refractivity contribution in [2.75, 3.05) is 6.54 Å². The Hall–Kier alpha value is -2.59. The largest absolute Gasteiger partial charge is 0.435 e. The Morgan fingerprint density at radius 1 is 1.42 bits per heavy atom. The van der Waals surface area contributed by atoms with Crippen molar-refractivity contribution < 1.29 is 13.2 Å². The molecule has 142 valence electrons. The number of alkyl halides is 3. The minimum absolute atomic E-state index is 0.0411. The van der Waals surface area contributed by atoms with Gasteiger partial charge in [-0.2, -0.15) is 23.4 Å². The van der Waals surface area contributed by atoms with Crippen molar-refractivity contribution in [1.82, 2.24) is 35.2 Å². The van der Waals surface area contributed by atoms with Crippen molar-refractivity contribution in [2.45, 2.75) is 45.1 Å². The number of hydrogen-bond acceptors (Lipinski definition) is 4. The van der Waals surface area contributed by atoms with Crippen LogP contribution in [-0.4, -0.2) is 43.1 Å². The summed E-state index contributed by atoms with van der Waals surface area (Å²) in [7, 11) is 1.46. The zero-order chi connectivity index (χ0) is 18.7. The molecule has 3 heterocycles. The molecule has 1 aliphatic rings. The Bertz CT molecular complexity index is 776. The number of nitrogens with zero attached hydrogens (tertiary/aromatic N) is 6. The van der Waals surface area contributed by atoms with Crippen LogP contribution in [0.1, 0.15) is 30.4 Å². The van der Waals surface area contributed by atoms with Crippen LogP contribution in [-0.2, 0) is 32.7 Å². The molecule has 8 nitrogen and oxygen atoms in total. The first-order valence-corrected chi connectivity index (χ1v) is 8.38. The van der Waals surface area contributed by atoms with Crippen molar-refractivity contribution >= 4 is 5.96 Å². The second-order valence-electron chi connectivity index (χ2n) is 6.11. The lowest BCUT2D eigenvalue weighted by Gasteiger charge is -2.25. The van der Waals surface area contributed by atoms with Gasteiger partial charge in [-0.15, -0.1) is 0 Å². The van der Waals surface area contributed by atoms with Crippen LogP contribution in [0.5, 0.6) is 0 Å². The maximum absolute atomic E-state index is 13.0. The summed E-state index contributed by atoms with van der Waals surface area (Å²) in [4.78, 5) is 8.48. The summed E-state index contributed by atoms with van der Waals surface area (Å²) in [6, 6.07) is 0.0815. The highest BCUT2D eigenvalue weighted by Gasteiger charge is 2.36. The molecule has 1 unspecified atom stereocenters. The van der Waals surface area contributed by atoms with Gasteiger partial charge in [0, 0.05) is 37.8 Å². The monoisotopic (exact) mass is 370 g/mol. The topological polar surface area (TPSA) is 84.9 Å². The lowest BCUT2D eigenvalue weighted by Crippen LogP contribution is -2.47. The summed E-state index contributed by atoms with van der Waals surface area (Å²) in [5.41, 5.74) is -0.857. The van der Waals surface area contributed by atoms with E-state index in [1.165, 1.54) is 19.6 Å². The Morgan fingerprint density at radius 2 is 2.23 bits per heavy atom. The van der Waals surface area contributed by atoms with Crippen LogP contribution in [0.4, 0.5) is 13.2 Å². The fourth-order valence-corrected chi connectivity index (χ4v) is 2.92. The summed E-state index contributed by atoms with van der Waals surface area (Å²) < 4.78 is 42.1. The Kier molecular flexibility index (Phi) is 5.14. The van der Waals surface area contributed by atoms with E-state index in [0.717, 1.165) is 23.3 Å². The number of nitrogens with one attached hydrogen (secondary N) is 2. The molecule has 1 aliphatic heterocycles. The summed E-state index contributed by atoms with van der Waals surface area (Å²) in [6.45, 7) is 3.03. The number of aliphatic imine (C=N–C) groups is 1. The highest BCUT2D eigenvalue weighted by Crippen LogP contribution is 2.30. The molecule has 0 saturated carbocycles. The van der Waals surface area contributed by atoms with Crippen LogP contribution >= 0.6 is 0 Å². The number of halogens is 3. The van der Waals surface area contributed by atoms with E-state index < -0.39 is 11.9 Å². The van der Waals surface area contributed by atoms with Gasteiger partial charge in [-0.3, -0.25) is 4.68 Å². The fraction of sp³-hybridized carbons (Fsp3) is 0.600. The summed E-state index contributed by atoms with van der Waals surface area (Å²) in [6.07, 6.45) is 0.0166. The molecule has 0 aliphatic carbocycles. The van der Waals surface area contributed by atoms with Gasteiger partial charge in [-0.25, -0.2) is 14.7 Å². The lowest BCUT2D eigenvalue weighted by molar-refractivity contribution is -0.142. The standard InChI is InChI=1S/C15H21F3N8/c1-3-19-14(23-11-4-5-12-21-9-22-26(12)8-11)20-6-10-7-25(2)24-13(10)15(16,17)18/h7,9,11H,3-6,8H2,1-2H3,(H2,19,20,23). The highest BCUT2D eigenvalue weighted by atomic mass is 19.4. The molecule has 0 fully saturated rings. The SMILES string of the molecule is CCNC(=NCc1cn(C)nc1C(F)(F)F)NC1CCc2ncnn2C1. The van der Waals surface area contributed by atoms with Crippen LogP contribution in [0, 0.1) is 0 Å². The summed E-state index contributed by atoms with van der Waals surface area (Å²) in [5.74, 6) is 1.41. The van der Waals surface area contributed by atoms with Crippen LogP contribution < -0.4 is 10.6 Å². The van der Waals surface area contributed by atoms with Gasteiger partial charge in [0.05, 0.1) is 13.1 Å². The van der Waals surface area contributed by atoms with Gasteiger partial charge >= 0.3 is 6.18 Å². The Labute approximate surface area is 148 Å². The average molecular weight is 370 g/mol.